The Balaban J connectivity index is 0.00000208. The fourth-order valence-electron chi connectivity index (χ4n) is 2.69. The van der Waals surface area contributed by atoms with Crippen molar-refractivity contribution in [3.63, 3.8) is 0 Å². The van der Waals surface area contributed by atoms with E-state index in [0.717, 1.165) is 16.4 Å². The molecule has 0 aromatic heterocycles. The molecule has 2 aliphatic rings. The number of nitrogens with zero attached hydrogens (tertiary/aromatic N) is 2. The first-order valence-corrected chi connectivity index (χ1v) is 8.78. The van der Waals surface area contributed by atoms with E-state index in [1.807, 2.05) is 0 Å². The van der Waals surface area contributed by atoms with Gasteiger partial charge in [0.15, 0.2) is 0 Å². The zero-order chi connectivity index (χ0) is 16.6. The summed E-state index contributed by atoms with van der Waals surface area (Å²) in [4.78, 5) is 13.2. The molecule has 1 aromatic carbocycles. The lowest BCUT2D eigenvalue weighted by molar-refractivity contribution is -0.138. The predicted molar refractivity (Wildman–Crippen MR) is 85.3 cm³/mol. The number of hydrogen-bond acceptors (Lipinski definition) is 4. The van der Waals surface area contributed by atoms with E-state index in [-0.39, 0.29) is 50.4 Å². The third kappa shape index (κ3) is 3.53. The summed E-state index contributed by atoms with van der Waals surface area (Å²) in [7, 11) is -4.03. The molecule has 0 radical (unpaired) electrons. The van der Waals surface area contributed by atoms with Gasteiger partial charge in [-0.25, -0.2) is 17.2 Å². The molecule has 2 heterocycles. The average molecular weight is 382 g/mol. The van der Waals surface area contributed by atoms with Crippen molar-refractivity contribution >= 4 is 28.3 Å². The summed E-state index contributed by atoms with van der Waals surface area (Å²) in [5.74, 6) is -1.95. The van der Waals surface area contributed by atoms with Crippen LogP contribution in [0.3, 0.4) is 0 Å². The summed E-state index contributed by atoms with van der Waals surface area (Å²) >= 11 is 0. The van der Waals surface area contributed by atoms with E-state index < -0.39 is 26.6 Å². The molecule has 2 saturated heterocycles. The maximum Gasteiger partial charge on any atom is 0.246 e. The van der Waals surface area contributed by atoms with Gasteiger partial charge in [-0.05, 0) is 12.1 Å². The molecule has 0 unspecified atom stereocenters. The monoisotopic (exact) mass is 381 g/mol. The fourth-order valence-corrected chi connectivity index (χ4v) is 4.16. The molecule has 2 fully saturated rings. The third-order valence-electron chi connectivity index (χ3n) is 4.19. The molecule has 6 nitrogen and oxygen atoms in total. The average Bonchev–Trinajstić information content (AvgIpc) is 2.45. The van der Waals surface area contributed by atoms with E-state index in [9.17, 15) is 22.0 Å². The largest absolute Gasteiger partial charge is 0.340 e. The zero-order valence-electron chi connectivity index (χ0n) is 12.7. The molecule has 1 aromatic rings. The molecule has 0 saturated carbocycles. The van der Waals surface area contributed by atoms with E-state index in [0.29, 0.717) is 19.2 Å². The highest BCUT2D eigenvalue weighted by Crippen LogP contribution is 2.22. The predicted octanol–water partition coefficient (Wildman–Crippen LogP) is 0.439. The third-order valence-corrected chi connectivity index (χ3v) is 6.12. The first-order chi connectivity index (χ1) is 10.9. The van der Waals surface area contributed by atoms with Crippen LogP contribution >= 0.6 is 12.4 Å². The Bertz CT molecular complexity index is 720. The zero-order valence-corrected chi connectivity index (χ0v) is 14.4. The Hall–Kier alpha value is -1.29. The number of halogens is 3. The number of rotatable bonds is 3. The van der Waals surface area contributed by atoms with Crippen LogP contribution in [-0.4, -0.2) is 62.8 Å². The second kappa shape index (κ2) is 7.30. The molecule has 3 rings (SSSR count). The number of benzene rings is 1. The summed E-state index contributed by atoms with van der Waals surface area (Å²) in [5.41, 5.74) is 0. The number of nitrogens with one attached hydrogen (secondary N) is 1. The Labute approximate surface area is 145 Å². The highest BCUT2D eigenvalue weighted by atomic mass is 35.5. The van der Waals surface area contributed by atoms with Crippen molar-refractivity contribution in [2.45, 2.75) is 4.90 Å². The highest BCUT2D eigenvalue weighted by molar-refractivity contribution is 7.89. The van der Waals surface area contributed by atoms with Crippen molar-refractivity contribution in [1.82, 2.24) is 14.5 Å². The number of hydrogen-bond donors (Lipinski definition) is 1. The van der Waals surface area contributed by atoms with E-state index in [4.69, 9.17) is 0 Å². The minimum Gasteiger partial charge on any atom is -0.340 e. The molecule has 1 N–H and O–H groups in total. The van der Waals surface area contributed by atoms with E-state index in [1.165, 1.54) is 0 Å². The van der Waals surface area contributed by atoms with Crippen LogP contribution in [-0.2, 0) is 14.8 Å². The molecule has 24 heavy (non-hydrogen) atoms. The number of sulfonamides is 1. The van der Waals surface area contributed by atoms with Gasteiger partial charge in [0, 0.05) is 45.3 Å². The van der Waals surface area contributed by atoms with Gasteiger partial charge in [0.2, 0.25) is 15.9 Å². The van der Waals surface area contributed by atoms with E-state index >= 15 is 0 Å². The van der Waals surface area contributed by atoms with Gasteiger partial charge in [-0.1, -0.05) is 0 Å². The summed E-state index contributed by atoms with van der Waals surface area (Å²) in [6.45, 7) is 2.06. The van der Waals surface area contributed by atoms with Gasteiger partial charge in [-0.15, -0.1) is 12.4 Å². The number of amides is 1. The fraction of sp³-hybridized carbons (Fsp3) is 0.500. The van der Waals surface area contributed by atoms with Crippen LogP contribution in [0.1, 0.15) is 0 Å². The molecule has 10 heteroatoms. The van der Waals surface area contributed by atoms with E-state index in [2.05, 4.69) is 5.32 Å². The molecule has 0 spiro atoms. The van der Waals surface area contributed by atoms with Crippen LogP contribution in [0.4, 0.5) is 8.78 Å². The number of carbonyl (C=O) groups is 1. The Kier molecular flexibility index (Phi) is 5.79. The standard InChI is InChI=1S/C14H17F2N3O3S.ClH/c15-11-1-2-13(12(16)7-11)23(21,22)19-5-3-18(4-6-19)14(20)10-8-17-9-10;/h1-2,7,10,17H,3-6,8-9H2;1H. The molecule has 0 aliphatic carbocycles. The van der Waals surface area contributed by atoms with Crippen LogP contribution in [0.25, 0.3) is 0 Å². The van der Waals surface area contributed by atoms with Gasteiger partial charge >= 0.3 is 0 Å². The maximum atomic E-state index is 13.7. The summed E-state index contributed by atoms with van der Waals surface area (Å²) in [6.07, 6.45) is 0. The molecule has 134 valence electrons. The Morgan fingerprint density at radius 3 is 2.25 bits per heavy atom. The van der Waals surface area contributed by atoms with Crippen molar-refractivity contribution < 1.29 is 22.0 Å². The van der Waals surface area contributed by atoms with Gasteiger partial charge < -0.3 is 10.2 Å². The lowest BCUT2D eigenvalue weighted by atomic mass is 10.0. The summed E-state index contributed by atoms with van der Waals surface area (Å²) < 4.78 is 52.7. The first kappa shape index (κ1) is 19.0. The molecule has 0 bridgehead atoms. The van der Waals surface area contributed by atoms with Crippen LogP contribution in [0, 0.1) is 17.6 Å². The number of piperazine rings is 1. The van der Waals surface area contributed by atoms with Gasteiger partial charge in [0.1, 0.15) is 16.5 Å². The Morgan fingerprint density at radius 1 is 1.12 bits per heavy atom. The van der Waals surface area contributed by atoms with E-state index in [1.54, 1.807) is 4.90 Å². The summed E-state index contributed by atoms with van der Waals surface area (Å²) in [5, 5.41) is 3.02. The van der Waals surface area contributed by atoms with Crippen molar-refractivity contribution in [2.75, 3.05) is 39.3 Å². The number of carbonyl (C=O) groups excluding carboxylic acids is 1. The normalized spacial score (nSPS) is 19.5. The van der Waals surface area contributed by atoms with Gasteiger partial charge in [-0.2, -0.15) is 4.31 Å². The van der Waals surface area contributed by atoms with Crippen LogP contribution in [0.2, 0.25) is 0 Å². The first-order valence-electron chi connectivity index (χ1n) is 7.34. The van der Waals surface area contributed by atoms with Gasteiger partial charge in [0.25, 0.3) is 0 Å². The molecular weight excluding hydrogens is 364 g/mol. The smallest absolute Gasteiger partial charge is 0.246 e. The van der Waals surface area contributed by atoms with Crippen LogP contribution in [0.5, 0.6) is 0 Å². The topological polar surface area (TPSA) is 69.7 Å². The maximum absolute atomic E-state index is 13.7. The highest BCUT2D eigenvalue weighted by Gasteiger charge is 2.35. The molecule has 0 atom stereocenters. The minimum absolute atomic E-state index is 0. The Morgan fingerprint density at radius 2 is 1.75 bits per heavy atom. The second-order valence-electron chi connectivity index (χ2n) is 5.66. The van der Waals surface area contributed by atoms with Crippen molar-refractivity contribution in [2.24, 2.45) is 5.92 Å². The lowest BCUT2D eigenvalue weighted by Gasteiger charge is -2.37. The van der Waals surface area contributed by atoms with Crippen molar-refractivity contribution in [1.29, 1.82) is 0 Å². The quantitative estimate of drug-likeness (QED) is 0.825. The summed E-state index contributed by atoms with van der Waals surface area (Å²) in [6, 6.07) is 2.40. The lowest BCUT2D eigenvalue weighted by Crippen LogP contribution is -2.57. The minimum atomic E-state index is -4.03. The van der Waals surface area contributed by atoms with Crippen LogP contribution < -0.4 is 5.32 Å². The molecule has 2 aliphatic heterocycles. The SMILES string of the molecule is Cl.O=C(C1CNC1)N1CCN(S(=O)(=O)c2ccc(F)cc2F)CC1. The second-order valence-corrected chi connectivity index (χ2v) is 7.57. The van der Waals surface area contributed by atoms with Gasteiger partial charge in [0.05, 0.1) is 5.92 Å². The molecule has 1 amide bonds. The van der Waals surface area contributed by atoms with Gasteiger partial charge in [-0.3, -0.25) is 4.79 Å². The van der Waals surface area contributed by atoms with Crippen LogP contribution in [0.15, 0.2) is 23.1 Å². The van der Waals surface area contributed by atoms with Crippen molar-refractivity contribution in [3.05, 3.63) is 29.8 Å². The molecular formula is C14H18ClF2N3O3S. The van der Waals surface area contributed by atoms with Crippen molar-refractivity contribution in [3.8, 4) is 0 Å².